The Kier molecular flexibility index (Phi) is 2.76. The summed E-state index contributed by atoms with van der Waals surface area (Å²) < 4.78 is 15.3. The molecule has 0 fully saturated rings. The lowest BCUT2D eigenvalue weighted by Crippen LogP contribution is -2.33. The third-order valence-electron chi connectivity index (χ3n) is 3.32. The molecule has 0 saturated heterocycles. The number of halogens is 1. The lowest BCUT2D eigenvalue weighted by Gasteiger charge is -2.27. The maximum atomic E-state index is 13.2. The largest absolute Gasteiger partial charge is 0.398 e. The molecule has 5 heteroatoms. The lowest BCUT2D eigenvalue weighted by atomic mass is 10.1. The van der Waals surface area contributed by atoms with Crippen LogP contribution in [0.3, 0.4) is 0 Å². The fourth-order valence-electron chi connectivity index (χ4n) is 2.31. The van der Waals surface area contributed by atoms with Crippen molar-refractivity contribution in [2.45, 2.75) is 19.6 Å². The van der Waals surface area contributed by atoms with E-state index < -0.39 is 0 Å². The van der Waals surface area contributed by atoms with Crippen LogP contribution >= 0.6 is 0 Å². The van der Waals surface area contributed by atoms with E-state index in [0.29, 0.717) is 12.2 Å². The van der Waals surface area contributed by atoms with Crippen molar-refractivity contribution in [3.8, 4) is 0 Å². The topological polar surface area (TPSA) is 47.1 Å². The van der Waals surface area contributed by atoms with E-state index >= 15 is 0 Å². The summed E-state index contributed by atoms with van der Waals surface area (Å²) in [5.41, 5.74) is 7.35. The first-order valence-corrected chi connectivity index (χ1v) is 5.98. The molecule has 0 amide bonds. The van der Waals surface area contributed by atoms with Gasteiger partial charge in [0.1, 0.15) is 11.6 Å². The van der Waals surface area contributed by atoms with E-state index in [1.54, 1.807) is 6.07 Å². The van der Waals surface area contributed by atoms with Crippen LogP contribution in [-0.4, -0.2) is 21.0 Å². The maximum Gasteiger partial charge on any atom is 0.123 e. The molecule has 0 aliphatic carbocycles. The summed E-state index contributed by atoms with van der Waals surface area (Å²) in [6.07, 6.45) is 3.80. The molecule has 0 spiro atoms. The molecule has 1 aliphatic rings. The molecular formula is C13H15FN4. The Labute approximate surface area is 105 Å². The van der Waals surface area contributed by atoms with Crippen molar-refractivity contribution in [2.24, 2.45) is 0 Å². The van der Waals surface area contributed by atoms with Crippen molar-refractivity contribution in [1.82, 2.24) is 14.5 Å². The summed E-state index contributed by atoms with van der Waals surface area (Å²) in [4.78, 5) is 6.53. The van der Waals surface area contributed by atoms with Gasteiger partial charge in [-0.25, -0.2) is 9.37 Å². The molecule has 1 aromatic carbocycles. The van der Waals surface area contributed by atoms with Crippen LogP contribution < -0.4 is 5.73 Å². The summed E-state index contributed by atoms with van der Waals surface area (Å²) in [5.74, 6) is 0.814. The average molecular weight is 246 g/mol. The third kappa shape index (κ3) is 2.09. The first kappa shape index (κ1) is 11.2. The minimum atomic E-state index is -0.238. The van der Waals surface area contributed by atoms with Gasteiger partial charge in [-0.1, -0.05) is 0 Å². The molecule has 1 aromatic heterocycles. The van der Waals surface area contributed by atoms with Crippen molar-refractivity contribution < 1.29 is 4.39 Å². The molecule has 4 nitrogen and oxygen atoms in total. The first-order valence-electron chi connectivity index (χ1n) is 5.98. The van der Waals surface area contributed by atoms with Crippen LogP contribution in [0.15, 0.2) is 30.6 Å². The molecule has 2 aromatic rings. The van der Waals surface area contributed by atoms with E-state index in [2.05, 4.69) is 14.5 Å². The zero-order valence-electron chi connectivity index (χ0n) is 10.0. The summed E-state index contributed by atoms with van der Waals surface area (Å²) in [7, 11) is 0. The Bertz CT molecular complexity index is 564. The van der Waals surface area contributed by atoms with Gasteiger partial charge >= 0.3 is 0 Å². The summed E-state index contributed by atoms with van der Waals surface area (Å²) >= 11 is 0. The second-order valence-corrected chi connectivity index (χ2v) is 4.59. The zero-order valence-corrected chi connectivity index (χ0v) is 10.0. The number of rotatable bonds is 2. The van der Waals surface area contributed by atoms with Crippen LogP contribution in [-0.2, 0) is 19.6 Å². The number of hydrogen-bond donors (Lipinski definition) is 1. The zero-order chi connectivity index (χ0) is 12.5. The van der Waals surface area contributed by atoms with Crippen LogP contribution in [0.2, 0.25) is 0 Å². The minimum Gasteiger partial charge on any atom is -0.398 e. The summed E-state index contributed by atoms with van der Waals surface area (Å²) in [6.45, 7) is 3.29. The molecule has 0 unspecified atom stereocenters. The number of benzene rings is 1. The molecule has 0 bridgehead atoms. The predicted octanol–water partition coefficient (Wildman–Crippen LogP) is 1.62. The highest BCUT2D eigenvalue weighted by atomic mass is 19.1. The fraction of sp³-hybridized carbons (Fsp3) is 0.308. The smallest absolute Gasteiger partial charge is 0.123 e. The molecular weight excluding hydrogens is 231 g/mol. The summed E-state index contributed by atoms with van der Waals surface area (Å²) in [5, 5.41) is 0. The van der Waals surface area contributed by atoms with Crippen molar-refractivity contribution in [2.75, 3.05) is 12.3 Å². The Hall–Kier alpha value is -1.88. The number of aromatic nitrogens is 2. The molecule has 0 saturated carbocycles. The van der Waals surface area contributed by atoms with Crippen molar-refractivity contribution in [1.29, 1.82) is 0 Å². The van der Waals surface area contributed by atoms with E-state index in [9.17, 15) is 4.39 Å². The van der Waals surface area contributed by atoms with Gasteiger partial charge in [-0.15, -0.1) is 0 Å². The molecule has 2 heterocycles. The molecule has 2 N–H and O–H groups in total. The monoisotopic (exact) mass is 246 g/mol. The normalized spacial score (nSPS) is 15.6. The SMILES string of the molecule is Nc1ccc(F)cc1CN1CCn2ccnc2C1. The van der Waals surface area contributed by atoms with Gasteiger partial charge in [0.05, 0.1) is 6.54 Å². The third-order valence-corrected chi connectivity index (χ3v) is 3.32. The van der Waals surface area contributed by atoms with Crippen LogP contribution in [0.25, 0.3) is 0 Å². The van der Waals surface area contributed by atoms with Gasteiger partial charge in [-0.3, -0.25) is 4.90 Å². The Balaban J connectivity index is 1.76. The molecule has 1 aliphatic heterocycles. The van der Waals surface area contributed by atoms with Gasteiger partial charge in [-0.2, -0.15) is 0 Å². The number of hydrogen-bond acceptors (Lipinski definition) is 3. The van der Waals surface area contributed by atoms with Crippen molar-refractivity contribution >= 4 is 5.69 Å². The number of nitrogen functional groups attached to an aromatic ring is 1. The van der Waals surface area contributed by atoms with E-state index in [1.807, 2.05) is 12.4 Å². The molecule has 18 heavy (non-hydrogen) atoms. The average Bonchev–Trinajstić information content (AvgIpc) is 2.81. The molecule has 3 rings (SSSR count). The van der Waals surface area contributed by atoms with Crippen LogP contribution in [0.1, 0.15) is 11.4 Å². The van der Waals surface area contributed by atoms with Gasteiger partial charge in [0.25, 0.3) is 0 Å². The molecule has 94 valence electrons. The van der Waals surface area contributed by atoms with E-state index in [0.717, 1.165) is 31.0 Å². The van der Waals surface area contributed by atoms with Gasteiger partial charge in [-0.05, 0) is 23.8 Å². The fourth-order valence-corrected chi connectivity index (χ4v) is 2.31. The predicted molar refractivity (Wildman–Crippen MR) is 67.2 cm³/mol. The standard InChI is InChI=1S/C13H15FN4/c14-11-1-2-12(15)10(7-11)8-17-5-6-18-4-3-16-13(18)9-17/h1-4,7H,5-6,8-9,15H2. The number of nitrogens with two attached hydrogens (primary N) is 1. The second kappa shape index (κ2) is 4.42. The van der Waals surface area contributed by atoms with Gasteiger partial charge in [0, 0.05) is 37.7 Å². The highest BCUT2D eigenvalue weighted by Crippen LogP contribution is 2.18. The van der Waals surface area contributed by atoms with E-state index in [1.165, 1.54) is 12.1 Å². The number of imidazole rings is 1. The molecule has 0 atom stereocenters. The maximum absolute atomic E-state index is 13.2. The Morgan fingerprint density at radius 1 is 1.33 bits per heavy atom. The minimum absolute atomic E-state index is 0.238. The van der Waals surface area contributed by atoms with E-state index in [4.69, 9.17) is 5.73 Å². The first-order chi connectivity index (χ1) is 8.72. The quantitative estimate of drug-likeness (QED) is 0.819. The van der Waals surface area contributed by atoms with Crippen LogP contribution in [0.5, 0.6) is 0 Å². The van der Waals surface area contributed by atoms with Gasteiger partial charge in [0.2, 0.25) is 0 Å². The van der Waals surface area contributed by atoms with Gasteiger partial charge < -0.3 is 10.3 Å². The highest BCUT2D eigenvalue weighted by molar-refractivity contribution is 5.46. The number of anilines is 1. The second-order valence-electron chi connectivity index (χ2n) is 4.59. The molecule has 0 radical (unpaired) electrons. The highest BCUT2D eigenvalue weighted by Gasteiger charge is 2.17. The Morgan fingerprint density at radius 2 is 2.22 bits per heavy atom. The number of fused-ring (bicyclic) bond motifs is 1. The van der Waals surface area contributed by atoms with Crippen molar-refractivity contribution in [3.05, 3.63) is 47.8 Å². The van der Waals surface area contributed by atoms with Gasteiger partial charge in [0.15, 0.2) is 0 Å². The number of nitrogens with zero attached hydrogens (tertiary/aromatic N) is 3. The summed E-state index contributed by atoms with van der Waals surface area (Å²) in [6, 6.07) is 4.52. The van der Waals surface area contributed by atoms with Crippen LogP contribution in [0.4, 0.5) is 10.1 Å². The Morgan fingerprint density at radius 3 is 3.11 bits per heavy atom. The van der Waals surface area contributed by atoms with Crippen LogP contribution in [0, 0.1) is 5.82 Å². The van der Waals surface area contributed by atoms with Crippen molar-refractivity contribution in [3.63, 3.8) is 0 Å². The van der Waals surface area contributed by atoms with E-state index in [-0.39, 0.29) is 5.82 Å². The lowest BCUT2D eigenvalue weighted by molar-refractivity contribution is 0.209.